The summed E-state index contributed by atoms with van der Waals surface area (Å²) in [5, 5.41) is 1.89. The van der Waals surface area contributed by atoms with Crippen molar-refractivity contribution >= 4 is 32.6 Å². The molecule has 1 amide bonds. The second kappa shape index (κ2) is 3.42. The average Bonchev–Trinajstić information content (AvgIpc) is 2.17. The van der Waals surface area contributed by atoms with E-state index in [0.29, 0.717) is 5.56 Å². The summed E-state index contributed by atoms with van der Waals surface area (Å²) in [7, 11) is 0. The van der Waals surface area contributed by atoms with E-state index < -0.39 is 5.91 Å². The lowest BCUT2D eigenvalue weighted by Gasteiger charge is -2.04. The molecule has 0 aromatic heterocycles. The van der Waals surface area contributed by atoms with Crippen LogP contribution in [0.4, 0.5) is 0 Å². The van der Waals surface area contributed by atoms with Crippen molar-refractivity contribution in [3.63, 3.8) is 0 Å². The van der Waals surface area contributed by atoms with Crippen molar-refractivity contribution in [3.8, 4) is 0 Å². The number of nitrogens with two attached hydrogens (primary N) is 1. The van der Waals surface area contributed by atoms with Crippen molar-refractivity contribution in [2.75, 3.05) is 0 Å². The lowest BCUT2D eigenvalue weighted by Crippen LogP contribution is -2.11. The molecule has 0 atom stereocenters. The second-order valence-corrected chi connectivity index (χ2v) is 3.86. The van der Waals surface area contributed by atoms with Crippen LogP contribution in [0.3, 0.4) is 0 Å². The first-order chi connectivity index (χ1) is 6.70. The summed E-state index contributed by atoms with van der Waals surface area (Å²) in [6, 6.07) is 11.3. The molecule has 2 aromatic carbocycles. The standard InChI is InChI=1S/C11H8BrNO/c12-9-6-2-4-7-3-1-5-8(10(7)9)11(13)14/h1-6H,(H2,13,14). The van der Waals surface area contributed by atoms with Crippen LogP contribution >= 0.6 is 15.9 Å². The van der Waals surface area contributed by atoms with E-state index in [4.69, 9.17) is 5.73 Å². The Bertz CT molecular complexity index is 502. The minimum absolute atomic E-state index is 0.400. The van der Waals surface area contributed by atoms with E-state index in [1.807, 2.05) is 30.3 Å². The minimum atomic E-state index is -0.400. The number of hydrogen-bond acceptors (Lipinski definition) is 1. The van der Waals surface area contributed by atoms with Crippen LogP contribution in [0.1, 0.15) is 10.4 Å². The lowest BCUT2D eigenvalue weighted by atomic mass is 10.0. The predicted octanol–water partition coefficient (Wildman–Crippen LogP) is 2.70. The van der Waals surface area contributed by atoms with Crippen molar-refractivity contribution in [1.29, 1.82) is 0 Å². The molecule has 0 aliphatic rings. The molecular formula is C11H8BrNO. The number of halogens is 1. The third kappa shape index (κ3) is 1.40. The Morgan fingerprint density at radius 3 is 2.43 bits per heavy atom. The molecule has 0 unspecified atom stereocenters. The van der Waals surface area contributed by atoms with Crippen molar-refractivity contribution in [2.45, 2.75) is 0 Å². The van der Waals surface area contributed by atoms with Crippen molar-refractivity contribution in [1.82, 2.24) is 0 Å². The Balaban J connectivity index is 2.91. The number of hydrogen-bond donors (Lipinski definition) is 1. The summed E-state index contributed by atoms with van der Waals surface area (Å²) >= 11 is 3.41. The van der Waals surface area contributed by atoms with Gasteiger partial charge >= 0.3 is 0 Å². The predicted molar refractivity (Wildman–Crippen MR) is 60.2 cm³/mol. The highest BCUT2D eigenvalue weighted by atomic mass is 79.9. The summed E-state index contributed by atoms with van der Waals surface area (Å²) in [6.07, 6.45) is 0. The molecule has 2 N–H and O–H groups in total. The third-order valence-corrected chi connectivity index (χ3v) is 2.78. The monoisotopic (exact) mass is 249 g/mol. The number of carbonyl (C=O) groups is 1. The highest BCUT2D eigenvalue weighted by molar-refractivity contribution is 9.10. The summed E-state index contributed by atoms with van der Waals surface area (Å²) in [6.45, 7) is 0. The number of primary amides is 1. The first kappa shape index (κ1) is 9.21. The molecule has 2 rings (SSSR count). The van der Waals surface area contributed by atoms with Crippen LogP contribution in [-0.2, 0) is 0 Å². The molecule has 0 aliphatic carbocycles. The Hall–Kier alpha value is -1.35. The maximum absolute atomic E-state index is 11.2. The molecule has 2 nitrogen and oxygen atoms in total. The van der Waals surface area contributed by atoms with Crippen LogP contribution in [0.5, 0.6) is 0 Å². The van der Waals surface area contributed by atoms with Gasteiger partial charge < -0.3 is 5.73 Å². The van der Waals surface area contributed by atoms with E-state index in [0.717, 1.165) is 15.2 Å². The smallest absolute Gasteiger partial charge is 0.249 e. The zero-order valence-electron chi connectivity index (χ0n) is 7.33. The molecule has 0 saturated heterocycles. The van der Waals surface area contributed by atoms with E-state index in [2.05, 4.69) is 15.9 Å². The van der Waals surface area contributed by atoms with Crippen LogP contribution < -0.4 is 5.73 Å². The fourth-order valence-electron chi connectivity index (χ4n) is 1.50. The van der Waals surface area contributed by atoms with Gasteiger partial charge in [0.2, 0.25) is 5.91 Å². The van der Waals surface area contributed by atoms with Gasteiger partial charge in [0.15, 0.2) is 0 Å². The number of fused-ring (bicyclic) bond motifs is 1. The van der Waals surface area contributed by atoms with Gasteiger partial charge in [-0.3, -0.25) is 4.79 Å². The maximum Gasteiger partial charge on any atom is 0.249 e. The second-order valence-electron chi connectivity index (χ2n) is 3.01. The molecule has 0 fully saturated rings. The third-order valence-electron chi connectivity index (χ3n) is 2.12. The van der Waals surface area contributed by atoms with Crippen molar-refractivity contribution in [3.05, 3.63) is 46.4 Å². The molecular weight excluding hydrogens is 242 g/mol. The quantitative estimate of drug-likeness (QED) is 0.830. The number of rotatable bonds is 1. The lowest BCUT2D eigenvalue weighted by molar-refractivity contribution is 0.100. The van der Waals surface area contributed by atoms with E-state index >= 15 is 0 Å². The van der Waals surface area contributed by atoms with E-state index in [9.17, 15) is 4.79 Å². The summed E-state index contributed by atoms with van der Waals surface area (Å²) in [5.41, 5.74) is 5.84. The highest BCUT2D eigenvalue weighted by Crippen LogP contribution is 2.26. The first-order valence-corrected chi connectivity index (χ1v) is 4.96. The van der Waals surface area contributed by atoms with Gasteiger partial charge in [-0.25, -0.2) is 0 Å². The molecule has 0 heterocycles. The van der Waals surface area contributed by atoms with Crippen LogP contribution in [0.15, 0.2) is 40.9 Å². The van der Waals surface area contributed by atoms with E-state index in [1.165, 1.54) is 0 Å². The zero-order valence-corrected chi connectivity index (χ0v) is 8.91. The van der Waals surface area contributed by atoms with Gasteiger partial charge in [0.1, 0.15) is 0 Å². The van der Waals surface area contributed by atoms with Crippen LogP contribution in [-0.4, -0.2) is 5.91 Å². The summed E-state index contributed by atoms with van der Waals surface area (Å²) in [4.78, 5) is 11.2. The maximum atomic E-state index is 11.2. The summed E-state index contributed by atoms with van der Waals surface area (Å²) in [5.74, 6) is -0.400. The van der Waals surface area contributed by atoms with Crippen LogP contribution in [0, 0.1) is 0 Å². The normalized spacial score (nSPS) is 10.4. The Kier molecular flexibility index (Phi) is 2.25. The SMILES string of the molecule is NC(=O)c1cccc2cccc(Br)c12. The molecule has 0 radical (unpaired) electrons. The van der Waals surface area contributed by atoms with Crippen molar-refractivity contribution in [2.24, 2.45) is 5.73 Å². The van der Waals surface area contributed by atoms with Gasteiger partial charge in [-0.05, 0) is 17.5 Å². The Morgan fingerprint density at radius 2 is 1.79 bits per heavy atom. The van der Waals surface area contributed by atoms with Gasteiger partial charge in [-0.15, -0.1) is 0 Å². The Labute approximate surface area is 89.8 Å². The van der Waals surface area contributed by atoms with Crippen LogP contribution in [0.2, 0.25) is 0 Å². The molecule has 0 saturated carbocycles. The van der Waals surface area contributed by atoms with Gasteiger partial charge in [0, 0.05) is 15.4 Å². The van der Waals surface area contributed by atoms with Crippen LogP contribution in [0.25, 0.3) is 10.8 Å². The van der Waals surface area contributed by atoms with E-state index in [-0.39, 0.29) is 0 Å². The molecule has 2 aromatic rings. The first-order valence-electron chi connectivity index (χ1n) is 4.17. The number of amides is 1. The average molecular weight is 250 g/mol. The molecule has 0 aliphatic heterocycles. The molecule has 70 valence electrons. The molecule has 3 heteroatoms. The fraction of sp³-hybridized carbons (Fsp3) is 0. The van der Waals surface area contributed by atoms with Gasteiger partial charge in [0.05, 0.1) is 0 Å². The minimum Gasteiger partial charge on any atom is -0.366 e. The molecule has 0 spiro atoms. The molecule has 0 bridgehead atoms. The largest absolute Gasteiger partial charge is 0.366 e. The zero-order chi connectivity index (χ0) is 10.1. The van der Waals surface area contributed by atoms with Crippen molar-refractivity contribution < 1.29 is 4.79 Å². The topological polar surface area (TPSA) is 43.1 Å². The van der Waals surface area contributed by atoms with Gasteiger partial charge in [-0.1, -0.05) is 40.2 Å². The highest BCUT2D eigenvalue weighted by Gasteiger charge is 2.07. The number of carbonyl (C=O) groups excluding carboxylic acids is 1. The fourth-order valence-corrected chi connectivity index (χ4v) is 2.10. The van der Waals surface area contributed by atoms with E-state index in [1.54, 1.807) is 6.07 Å². The number of benzene rings is 2. The Morgan fingerprint density at radius 1 is 1.14 bits per heavy atom. The van der Waals surface area contributed by atoms with Gasteiger partial charge in [0.25, 0.3) is 0 Å². The summed E-state index contributed by atoms with van der Waals surface area (Å²) < 4.78 is 0.893. The molecule has 14 heavy (non-hydrogen) atoms. The van der Waals surface area contributed by atoms with Gasteiger partial charge in [-0.2, -0.15) is 0 Å².